The van der Waals surface area contributed by atoms with Crippen LogP contribution >= 0.6 is 0 Å². The molecule has 1 aromatic rings. The SMILES string of the molecule is Cc1ccc(C)c(S(=O)(=O)NC(C)CCN(C)C)c1N. The highest BCUT2D eigenvalue weighted by molar-refractivity contribution is 7.89. The van der Waals surface area contributed by atoms with Gasteiger partial charge in [-0.15, -0.1) is 0 Å². The smallest absolute Gasteiger partial charge is 0.243 e. The molecule has 0 aromatic heterocycles. The van der Waals surface area contributed by atoms with Gasteiger partial charge in [0.05, 0.1) is 5.69 Å². The number of nitrogens with two attached hydrogens (primary N) is 1. The van der Waals surface area contributed by atoms with Crippen LogP contribution in [0, 0.1) is 13.8 Å². The van der Waals surface area contributed by atoms with Crippen molar-refractivity contribution in [1.82, 2.24) is 9.62 Å². The molecule has 20 heavy (non-hydrogen) atoms. The first-order valence-electron chi connectivity index (χ1n) is 6.68. The zero-order valence-corrected chi connectivity index (χ0v) is 13.7. The van der Waals surface area contributed by atoms with Crippen molar-refractivity contribution >= 4 is 15.7 Å². The second-order valence-electron chi connectivity index (χ2n) is 5.56. The lowest BCUT2D eigenvalue weighted by atomic mass is 10.1. The van der Waals surface area contributed by atoms with E-state index in [1.165, 1.54) is 0 Å². The molecular formula is C14H25N3O2S. The lowest BCUT2D eigenvalue weighted by Crippen LogP contribution is -2.35. The summed E-state index contributed by atoms with van der Waals surface area (Å²) in [6.07, 6.45) is 0.747. The van der Waals surface area contributed by atoms with E-state index in [1.807, 2.05) is 38.9 Å². The van der Waals surface area contributed by atoms with Crippen LogP contribution in [0.5, 0.6) is 0 Å². The summed E-state index contributed by atoms with van der Waals surface area (Å²) in [6.45, 7) is 6.26. The van der Waals surface area contributed by atoms with Gasteiger partial charge in [-0.3, -0.25) is 0 Å². The van der Waals surface area contributed by atoms with Crippen LogP contribution < -0.4 is 10.5 Å². The number of benzene rings is 1. The van der Waals surface area contributed by atoms with E-state index in [1.54, 1.807) is 13.0 Å². The fourth-order valence-corrected chi connectivity index (χ4v) is 3.71. The van der Waals surface area contributed by atoms with Crippen LogP contribution in [0.1, 0.15) is 24.5 Å². The Morgan fingerprint density at radius 1 is 1.25 bits per heavy atom. The highest BCUT2D eigenvalue weighted by Crippen LogP contribution is 2.25. The number of sulfonamides is 1. The standard InChI is InChI=1S/C14H25N3O2S/c1-10-6-7-11(2)14(13(10)15)20(18,19)16-12(3)8-9-17(4)5/h6-7,12,16H,8-9,15H2,1-5H3. The Hall–Kier alpha value is -1.11. The molecule has 1 rings (SSSR count). The van der Waals surface area contributed by atoms with Gasteiger partial charge >= 0.3 is 0 Å². The normalized spacial score (nSPS) is 13.7. The van der Waals surface area contributed by atoms with Crippen molar-refractivity contribution in [2.75, 3.05) is 26.4 Å². The summed E-state index contributed by atoms with van der Waals surface area (Å²) in [7, 11) is 0.340. The largest absolute Gasteiger partial charge is 0.397 e. The number of aryl methyl sites for hydroxylation is 2. The van der Waals surface area contributed by atoms with Gasteiger partial charge in [-0.25, -0.2) is 13.1 Å². The molecule has 0 saturated heterocycles. The first-order chi connectivity index (χ1) is 9.15. The molecule has 6 heteroatoms. The molecule has 0 spiro atoms. The number of hydrogen-bond donors (Lipinski definition) is 2. The van der Waals surface area contributed by atoms with Crippen molar-refractivity contribution in [3.05, 3.63) is 23.3 Å². The molecule has 1 unspecified atom stereocenters. The molecule has 3 N–H and O–H groups in total. The van der Waals surface area contributed by atoms with E-state index >= 15 is 0 Å². The second kappa shape index (κ2) is 6.56. The third kappa shape index (κ3) is 4.19. The minimum absolute atomic E-state index is 0.137. The second-order valence-corrected chi connectivity index (χ2v) is 7.21. The summed E-state index contributed by atoms with van der Waals surface area (Å²) >= 11 is 0. The van der Waals surface area contributed by atoms with Gasteiger partial charge in [0, 0.05) is 6.04 Å². The zero-order chi connectivity index (χ0) is 15.5. The van der Waals surface area contributed by atoms with Crippen molar-refractivity contribution < 1.29 is 8.42 Å². The lowest BCUT2D eigenvalue weighted by Gasteiger charge is -2.19. The van der Waals surface area contributed by atoms with Crippen molar-refractivity contribution in [2.24, 2.45) is 0 Å². The van der Waals surface area contributed by atoms with E-state index < -0.39 is 10.0 Å². The number of nitrogens with zero attached hydrogens (tertiary/aromatic N) is 1. The predicted octanol–water partition coefficient (Wildman–Crippen LogP) is 1.50. The highest BCUT2D eigenvalue weighted by Gasteiger charge is 2.23. The summed E-state index contributed by atoms with van der Waals surface area (Å²) in [5, 5.41) is 0. The molecule has 0 aliphatic heterocycles. The van der Waals surface area contributed by atoms with E-state index in [9.17, 15) is 8.42 Å². The molecule has 0 amide bonds. The number of nitrogens with one attached hydrogen (secondary N) is 1. The maximum Gasteiger partial charge on any atom is 0.243 e. The molecule has 0 heterocycles. The Kier molecular flexibility index (Phi) is 5.56. The third-order valence-corrected chi connectivity index (χ3v) is 5.04. The van der Waals surface area contributed by atoms with Gasteiger partial charge in [-0.05, 0) is 59.0 Å². The average molecular weight is 299 g/mol. The van der Waals surface area contributed by atoms with Crippen molar-refractivity contribution in [3.63, 3.8) is 0 Å². The van der Waals surface area contributed by atoms with E-state index in [0.717, 1.165) is 18.5 Å². The van der Waals surface area contributed by atoms with Crippen molar-refractivity contribution in [1.29, 1.82) is 0 Å². The molecular weight excluding hydrogens is 274 g/mol. The Labute approximate surface area is 122 Å². The van der Waals surface area contributed by atoms with Crippen LogP contribution in [-0.2, 0) is 10.0 Å². The Morgan fingerprint density at radius 3 is 2.35 bits per heavy atom. The van der Waals surface area contributed by atoms with Gasteiger partial charge in [0.25, 0.3) is 0 Å². The monoisotopic (exact) mass is 299 g/mol. The van der Waals surface area contributed by atoms with Gasteiger partial charge < -0.3 is 10.6 Å². The van der Waals surface area contributed by atoms with Crippen LogP contribution in [0.15, 0.2) is 17.0 Å². The Bertz CT molecular complexity index is 568. The molecule has 1 atom stereocenters. The summed E-state index contributed by atoms with van der Waals surface area (Å²) in [6, 6.07) is 3.48. The van der Waals surface area contributed by atoms with E-state index in [0.29, 0.717) is 11.3 Å². The summed E-state index contributed by atoms with van der Waals surface area (Å²) in [4.78, 5) is 2.23. The maximum absolute atomic E-state index is 12.5. The van der Waals surface area contributed by atoms with Crippen LogP contribution in [0.4, 0.5) is 5.69 Å². The molecule has 0 aliphatic rings. The minimum atomic E-state index is -3.58. The van der Waals surface area contributed by atoms with Gasteiger partial charge in [0.2, 0.25) is 10.0 Å². The topological polar surface area (TPSA) is 75.4 Å². The lowest BCUT2D eigenvalue weighted by molar-refractivity contribution is 0.379. The number of rotatable bonds is 6. The summed E-state index contributed by atoms with van der Waals surface area (Å²) < 4.78 is 27.7. The Morgan fingerprint density at radius 2 is 1.80 bits per heavy atom. The summed E-state index contributed by atoms with van der Waals surface area (Å²) in [5.74, 6) is 0. The predicted molar refractivity (Wildman–Crippen MR) is 83.3 cm³/mol. The minimum Gasteiger partial charge on any atom is -0.397 e. The van der Waals surface area contributed by atoms with Gasteiger partial charge in [0.1, 0.15) is 4.90 Å². The quantitative estimate of drug-likeness (QED) is 0.781. The van der Waals surface area contributed by atoms with E-state index in [2.05, 4.69) is 4.72 Å². The van der Waals surface area contributed by atoms with Crippen LogP contribution in [0.3, 0.4) is 0 Å². The molecule has 0 radical (unpaired) electrons. The number of hydrogen-bond acceptors (Lipinski definition) is 4. The Balaban J connectivity index is 2.98. The molecule has 5 nitrogen and oxygen atoms in total. The van der Waals surface area contributed by atoms with Gasteiger partial charge in [-0.1, -0.05) is 12.1 Å². The molecule has 1 aromatic carbocycles. The van der Waals surface area contributed by atoms with Crippen LogP contribution in [0.2, 0.25) is 0 Å². The first-order valence-corrected chi connectivity index (χ1v) is 8.16. The fourth-order valence-electron chi connectivity index (χ4n) is 2.00. The zero-order valence-electron chi connectivity index (χ0n) is 12.9. The van der Waals surface area contributed by atoms with Gasteiger partial charge in [0.15, 0.2) is 0 Å². The molecule has 0 saturated carbocycles. The average Bonchev–Trinajstić information content (AvgIpc) is 2.31. The summed E-state index contributed by atoms with van der Waals surface area (Å²) in [5.41, 5.74) is 7.71. The van der Waals surface area contributed by atoms with Crippen LogP contribution in [-0.4, -0.2) is 40.0 Å². The van der Waals surface area contributed by atoms with E-state index in [-0.39, 0.29) is 10.9 Å². The van der Waals surface area contributed by atoms with E-state index in [4.69, 9.17) is 5.73 Å². The van der Waals surface area contributed by atoms with Crippen molar-refractivity contribution in [3.8, 4) is 0 Å². The molecule has 0 bridgehead atoms. The highest BCUT2D eigenvalue weighted by atomic mass is 32.2. The first kappa shape index (κ1) is 16.9. The number of anilines is 1. The number of nitrogen functional groups attached to an aromatic ring is 1. The maximum atomic E-state index is 12.5. The molecule has 0 fully saturated rings. The third-order valence-electron chi connectivity index (χ3n) is 3.25. The van der Waals surface area contributed by atoms with Crippen molar-refractivity contribution in [2.45, 2.75) is 38.1 Å². The molecule has 114 valence electrons. The van der Waals surface area contributed by atoms with Gasteiger partial charge in [-0.2, -0.15) is 0 Å². The molecule has 0 aliphatic carbocycles. The fraction of sp³-hybridized carbons (Fsp3) is 0.571. The van der Waals surface area contributed by atoms with Crippen LogP contribution in [0.25, 0.3) is 0 Å².